The fourth-order valence-corrected chi connectivity index (χ4v) is 4.51. The first-order valence-electron chi connectivity index (χ1n) is 9.93. The summed E-state index contributed by atoms with van der Waals surface area (Å²) in [6.45, 7) is 1.37. The third kappa shape index (κ3) is 3.92. The third-order valence-corrected chi connectivity index (χ3v) is 6.54. The number of furan rings is 1. The van der Waals surface area contributed by atoms with Crippen molar-refractivity contribution in [1.29, 1.82) is 0 Å². The second-order valence-corrected chi connectivity index (χ2v) is 9.68. The molecule has 8 nitrogen and oxygen atoms in total. The highest BCUT2D eigenvalue weighted by Gasteiger charge is 2.35. The number of amides is 2. The average Bonchev–Trinajstić information content (AvgIpc) is 3.32. The summed E-state index contributed by atoms with van der Waals surface area (Å²) in [4.78, 5) is 28.8. The van der Waals surface area contributed by atoms with Crippen LogP contribution in [0, 0.1) is 0 Å². The summed E-state index contributed by atoms with van der Waals surface area (Å²) in [5.74, 6) is -0.633. The van der Waals surface area contributed by atoms with Gasteiger partial charge in [0, 0.05) is 12.8 Å². The van der Waals surface area contributed by atoms with Crippen molar-refractivity contribution >= 4 is 33.0 Å². The Balaban J connectivity index is 1.82. The Morgan fingerprint density at radius 3 is 2.34 bits per heavy atom. The SMILES string of the molecule is C[C@H]1CN(C(=O)c2ccco2)c2cc(-c3ccc(S(C)(=O)=O)cc3)ccc2N1C(=O)CO. The number of hydrogen-bond acceptors (Lipinski definition) is 6. The summed E-state index contributed by atoms with van der Waals surface area (Å²) < 4.78 is 28.8. The number of carbonyl (C=O) groups excluding carboxylic acids is 2. The minimum Gasteiger partial charge on any atom is -0.459 e. The lowest BCUT2D eigenvalue weighted by Crippen LogP contribution is -2.52. The van der Waals surface area contributed by atoms with E-state index in [4.69, 9.17) is 4.42 Å². The lowest BCUT2D eigenvalue weighted by molar-refractivity contribution is -0.121. The van der Waals surface area contributed by atoms with E-state index in [0.717, 1.165) is 17.4 Å². The monoisotopic (exact) mass is 454 g/mol. The van der Waals surface area contributed by atoms with Crippen molar-refractivity contribution in [3.63, 3.8) is 0 Å². The van der Waals surface area contributed by atoms with Gasteiger partial charge in [0.05, 0.1) is 28.6 Å². The molecule has 0 saturated heterocycles. The molecular weight excluding hydrogens is 432 g/mol. The molecule has 4 rings (SSSR count). The number of aliphatic hydroxyl groups excluding tert-OH is 1. The Labute approximate surface area is 185 Å². The number of benzene rings is 2. The molecule has 32 heavy (non-hydrogen) atoms. The molecule has 0 spiro atoms. The van der Waals surface area contributed by atoms with Gasteiger partial charge in [-0.15, -0.1) is 0 Å². The summed E-state index contributed by atoms with van der Waals surface area (Å²) in [5.41, 5.74) is 2.49. The van der Waals surface area contributed by atoms with E-state index in [1.807, 2.05) is 0 Å². The molecule has 0 radical (unpaired) electrons. The average molecular weight is 455 g/mol. The Bertz CT molecular complexity index is 1270. The van der Waals surface area contributed by atoms with E-state index in [1.165, 1.54) is 23.3 Å². The zero-order valence-corrected chi connectivity index (χ0v) is 18.4. The topological polar surface area (TPSA) is 108 Å². The molecule has 1 N–H and O–H groups in total. The Morgan fingerprint density at radius 2 is 1.75 bits per heavy atom. The van der Waals surface area contributed by atoms with Crippen molar-refractivity contribution < 1.29 is 27.5 Å². The van der Waals surface area contributed by atoms with Gasteiger partial charge < -0.3 is 19.3 Å². The van der Waals surface area contributed by atoms with E-state index >= 15 is 0 Å². The number of fused-ring (bicyclic) bond motifs is 1. The van der Waals surface area contributed by atoms with Crippen LogP contribution in [0.4, 0.5) is 11.4 Å². The van der Waals surface area contributed by atoms with Gasteiger partial charge in [0.1, 0.15) is 6.61 Å². The van der Waals surface area contributed by atoms with Gasteiger partial charge in [-0.25, -0.2) is 8.42 Å². The molecule has 0 saturated carbocycles. The highest BCUT2D eigenvalue weighted by atomic mass is 32.2. The maximum Gasteiger partial charge on any atom is 0.294 e. The Morgan fingerprint density at radius 1 is 1.06 bits per heavy atom. The van der Waals surface area contributed by atoms with Crippen molar-refractivity contribution in [3.8, 4) is 11.1 Å². The minimum atomic E-state index is -3.32. The number of rotatable bonds is 4. The normalized spacial score (nSPS) is 16.0. The molecule has 0 unspecified atom stereocenters. The van der Waals surface area contributed by atoms with E-state index in [9.17, 15) is 23.1 Å². The maximum atomic E-state index is 13.1. The Hall–Kier alpha value is -3.43. The number of carbonyl (C=O) groups is 2. The molecule has 0 bridgehead atoms. The first-order valence-corrected chi connectivity index (χ1v) is 11.8. The van der Waals surface area contributed by atoms with Gasteiger partial charge in [-0.1, -0.05) is 18.2 Å². The summed E-state index contributed by atoms with van der Waals surface area (Å²) in [6, 6.07) is 14.6. The van der Waals surface area contributed by atoms with Gasteiger partial charge in [-0.3, -0.25) is 9.59 Å². The third-order valence-electron chi connectivity index (χ3n) is 5.41. The highest BCUT2D eigenvalue weighted by molar-refractivity contribution is 7.90. The van der Waals surface area contributed by atoms with Crippen LogP contribution in [-0.2, 0) is 14.6 Å². The molecule has 0 fully saturated rings. The molecule has 3 aromatic rings. The fraction of sp³-hybridized carbons (Fsp3) is 0.217. The van der Waals surface area contributed by atoms with Crippen LogP contribution < -0.4 is 9.80 Å². The van der Waals surface area contributed by atoms with Crippen LogP contribution in [0.5, 0.6) is 0 Å². The molecule has 9 heteroatoms. The lowest BCUT2D eigenvalue weighted by atomic mass is 10.0. The number of aliphatic hydroxyl groups is 1. The van der Waals surface area contributed by atoms with E-state index in [1.54, 1.807) is 54.3 Å². The van der Waals surface area contributed by atoms with Crippen LogP contribution in [-0.4, -0.2) is 50.8 Å². The largest absolute Gasteiger partial charge is 0.459 e. The highest BCUT2D eigenvalue weighted by Crippen LogP contribution is 2.39. The fourth-order valence-electron chi connectivity index (χ4n) is 3.88. The van der Waals surface area contributed by atoms with Crippen molar-refractivity contribution in [1.82, 2.24) is 0 Å². The van der Waals surface area contributed by atoms with Crippen molar-refractivity contribution in [2.75, 3.05) is 29.2 Å². The van der Waals surface area contributed by atoms with Crippen LogP contribution in [0.3, 0.4) is 0 Å². The quantitative estimate of drug-likeness (QED) is 0.649. The first-order chi connectivity index (χ1) is 15.2. The van der Waals surface area contributed by atoms with Crippen LogP contribution >= 0.6 is 0 Å². The molecule has 2 aromatic carbocycles. The molecule has 1 atom stereocenters. The van der Waals surface area contributed by atoms with Crippen molar-refractivity contribution in [3.05, 3.63) is 66.6 Å². The zero-order valence-electron chi connectivity index (χ0n) is 17.6. The van der Waals surface area contributed by atoms with E-state index < -0.39 is 22.4 Å². The van der Waals surface area contributed by atoms with Crippen LogP contribution in [0.25, 0.3) is 11.1 Å². The van der Waals surface area contributed by atoms with Gasteiger partial charge in [-0.05, 0) is 54.4 Å². The van der Waals surface area contributed by atoms with Gasteiger partial charge in [0.25, 0.3) is 11.8 Å². The zero-order chi connectivity index (χ0) is 23.0. The van der Waals surface area contributed by atoms with E-state index in [-0.39, 0.29) is 29.1 Å². The number of nitrogens with zero attached hydrogens (tertiary/aromatic N) is 2. The van der Waals surface area contributed by atoms with Gasteiger partial charge in [-0.2, -0.15) is 0 Å². The van der Waals surface area contributed by atoms with Crippen LogP contribution in [0.2, 0.25) is 0 Å². The minimum absolute atomic E-state index is 0.174. The predicted molar refractivity (Wildman–Crippen MR) is 119 cm³/mol. The van der Waals surface area contributed by atoms with Gasteiger partial charge in [0.15, 0.2) is 15.6 Å². The van der Waals surface area contributed by atoms with E-state index in [2.05, 4.69) is 0 Å². The maximum absolute atomic E-state index is 13.1. The molecule has 1 aliphatic rings. The number of sulfone groups is 1. The summed E-state index contributed by atoms with van der Waals surface area (Å²) in [5, 5.41) is 9.44. The molecule has 2 amide bonds. The second-order valence-electron chi connectivity index (χ2n) is 7.66. The summed E-state index contributed by atoms with van der Waals surface area (Å²) in [7, 11) is -3.32. The summed E-state index contributed by atoms with van der Waals surface area (Å²) >= 11 is 0. The molecule has 1 aliphatic heterocycles. The van der Waals surface area contributed by atoms with Gasteiger partial charge in [0.2, 0.25) is 0 Å². The molecule has 1 aromatic heterocycles. The molecule has 2 heterocycles. The molecular formula is C23H22N2O6S. The second kappa shape index (κ2) is 8.25. The lowest BCUT2D eigenvalue weighted by Gasteiger charge is -2.40. The number of anilines is 2. The standard InChI is InChI=1S/C23H22N2O6S/c1-15-13-24(23(28)21-4-3-11-31-21)20-12-17(7-10-19(20)25(15)22(27)14-26)16-5-8-18(9-6-16)32(2,29)30/h3-12,15,26H,13-14H2,1-2H3/t15-/m0/s1. The smallest absolute Gasteiger partial charge is 0.294 e. The Kier molecular flexibility index (Phi) is 5.62. The first kappa shape index (κ1) is 21.8. The summed E-state index contributed by atoms with van der Waals surface area (Å²) in [6.07, 6.45) is 2.57. The van der Waals surface area contributed by atoms with Crippen LogP contribution in [0.15, 0.2) is 70.2 Å². The van der Waals surface area contributed by atoms with Crippen molar-refractivity contribution in [2.45, 2.75) is 17.9 Å². The predicted octanol–water partition coefficient (Wildman–Crippen LogP) is 2.72. The molecule has 0 aliphatic carbocycles. The van der Waals surface area contributed by atoms with Crippen LogP contribution in [0.1, 0.15) is 17.5 Å². The molecule has 166 valence electrons. The van der Waals surface area contributed by atoms with Crippen molar-refractivity contribution in [2.24, 2.45) is 0 Å². The van der Waals surface area contributed by atoms with E-state index in [0.29, 0.717) is 11.4 Å². The van der Waals surface area contributed by atoms with Gasteiger partial charge >= 0.3 is 0 Å². The number of hydrogen-bond donors (Lipinski definition) is 1.